The highest BCUT2D eigenvalue weighted by Gasteiger charge is 2.32. The molecule has 0 aliphatic carbocycles. The average molecular weight is 1380 g/mol. The number of nitrogens with zero attached hydrogens (tertiary/aromatic N) is 15. The van der Waals surface area contributed by atoms with Crippen LogP contribution in [0.25, 0.3) is 0 Å². The molecule has 4 atom stereocenters. The van der Waals surface area contributed by atoms with Crippen molar-refractivity contribution in [1.29, 1.82) is 0 Å². The first-order chi connectivity index (χ1) is 47.1. The lowest BCUT2D eigenvalue weighted by Crippen LogP contribution is -2.41. The monoisotopic (exact) mass is 1380 g/mol. The summed E-state index contributed by atoms with van der Waals surface area (Å²) in [5, 5.41) is 33.5. The van der Waals surface area contributed by atoms with Crippen molar-refractivity contribution in [2.24, 2.45) is 11.3 Å². The second-order valence-corrected chi connectivity index (χ2v) is 30.9. The molecule has 24 nitrogen and oxygen atoms in total. The molecule has 0 radical (unpaired) electrons. The lowest BCUT2D eigenvalue weighted by Gasteiger charge is -2.30. The summed E-state index contributed by atoms with van der Waals surface area (Å²) < 4.78 is 70.9. The highest BCUT2D eigenvalue weighted by Crippen LogP contribution is 2.37. The highest BCUT2D eigenvalue weighted by molar-refractivity contribution is 5.34. The van der Waals surface area contributed by atoms with Crippen LogP contribution in [-0.2, 0) is 56.0 Å². The molecule has 552 valence electrons. The van der Waals surface area contributed by atoms with E-state index in [0.717, 1.165) is 146 Å². The fourth-order valence-corrected chi connectivity index (χ4v) is 12.2. The van der Waals surface area contributed by atoms with Gasteiger partial charge < -0.3 is 48.1 Å². The maximum absolute atomic E-state index is 12.1. The number of aryl methyl sites for hydroxylation is 2. The molecule has 25 heteroatoms. The number of likely N-dealkylation sites (N-methyl/N-ethyl adjacent to an activating group) is 2. The Morgan fingerprint density at radius 2 is 0.919 bits per heavy atom. The van der Waals surface area contributed by atoms with Crippen LogP contribution < -0.4 is 38.5 Å². The van der Waals surface area contributed by atoms with Gasteiger partial charge in [0.25, 0.3) is 0 Å². The maximum atomic E-state index is 12.1. The third-order valence-corrected chi connectivity index (χ3v) is 18.7. The van der Waals surface area contributed by atoms with Gasteiger partial charge in [0.15, 0.2) is 0 Å². The Hall–Kier alpha value is -7.12. The second kappa shape index (κ2) is 35.5. The van der Waals surface area contributed by atoms with Crippen LogP contribution in [0.4, 0.5) is 4.39 Å². The van der Waals surface area contributed by atoms with Gasteiger partial charge in [-0.2, -0.15) is 35.7 Å². The minimum atomic E-state index is -0.236. The number of hydrogen-bond acceptors (Lipinski definition) is 17. The molecule has 7 aromatic heterocycles. The van der Waals surface area contributed by atoms with Crippen molar-refractivity contribution in [2.45, 2.75) is 255 Å². The Morgan fingerprint density at radius 3 is 1.42 bits per heavy atom. The zero-order chi connectivity index (χ0) is 71.9. The van der Waals surface area contributed by atoms with E-state index in [4.69, 9.17) is 37.9 Å². The van der Waals surface area contributed by atoms with Gasteiger partial charge >= 0.3 is 0 Å². The topological polar surface area (TPSA) is 214 Å². The van der Waals surface area contributed by atoms with Gasteiger partial charge in [-0.25, -0.2) is 32.8 Å². The summed E-state index contributed by atoms with van der Waals surface area (Å²) in [6.45, 7) is 48.3. The first-order valence-electron chi connectivity index (χ1n) is 36.4. The van der Waals surface area contributed by atoms with Crippen LogP contribution in [0, 0.1) is 11.3 Å². The fraction of sp³-hybridized carbons (Fsp3) is 0.716. The van der Waals surface area contributed by atoms with Gasteiger partial charge in [0.1, 0.15) is 25.9 Å². The molecule has 0 spiro atoms. The molecule has 7 aromatic rings. The van der Waals surface area contributed by atoms with Crippen molar-refractivity contribution in [1.82, 2.24) is 78.7 Å². The van der Waals surface area contributed by atoms with Crippen LogP contribution in [0.2, 0.25) is 0 Å². The summed E-state index contributed by atoms with van der Waals surface area (Å²) in [5.41, 5.74) is 8.77. The number of hydrogen-bond donors (Lipinski definition) is 1. The molecule has 7 aliphatic rings. The Bertz CT molecular complexity index is 3490. The van der Waals surface area contributed by atoms with Crippen molar-refractivity contribution < 1.29 is 42.3 Å². The van der Waals surface area contributed by atoms with Gasteiger partial charge in [-0.3, -0.25) is 4.39 Å². The van der Waals surface area contributed by atoms with E-state index in [2.05, 4.69) is 178 Å². The number of ether oxygens (including phenoxy) is 8. The van der Waals surface area contributed by atoms with Crippen LogP contribution in [0.15, 0.2) is 43.4 Å². The number of halogens is 1. The minimum absolute atomic E-state index is 0.123. The van der Waals surface area contributed by atoms with E-state index in [1.807, 2.05) is 83.2 Å². The highest BCUT2D eigenvalue weighted by atomic mass is 19.1. The molecule has 14 heterocycles. The van der Waals surface area contributed by atoms with Crippen molar-refractivity contribution in [3.8, 4) is 41.2 Å². The van der Waals surface area contributed by atoms with Crippen molar-refractivity contribution >= 4 is 0 Å². The molecule has 7 aliphatic heterocycles. The molecular weight excluding hydrogens is 1260 g/mol. The Kier molecular flexibility index (Phi) is 27.8. The summed E-state index contributed by atoms with van der Waals surface area (Å²) in [6, 6.07) is 0.805. The lowest BCUT2D eigenvalue weighted by molar-refractivity contribution is 0.0174. The zero-order valence-corrected chi connectivity index (χ0v) is 63.8. The fourth-order valence-electron chi connectivity index (χ4n) is 12.2. The normalized spacial score (nSPS) is 19.2. The van der Waals surface area contributed by atoms with Crippen molar-refractivity contribution in [2.75, 3.05) is 81.2 Å². The first kappa shape index (κ1) is 77.6. The van der Waals surface area contributed by atoms with Crippen LogP contribution in [0.3, 0.4) is 0 Å². The van der Waals surface area contributed by atoms with Crippen molar-refractivity contribution in [3.63, 3.8) is 0 Å². The molecule has 14 rings (SSSR count). The maximum Gasteiger partial charge on any atom is 0.215 e. The summed E-state index contributed by atoms with van der Waals surface area (Å²) >= 11 is 0. The standard InChI is InChI=1S/C12H19FN2O.C11H19N3O.2C11H18N2O.C10H17N3O.C10H16N2O2.C9H14N2O/c1-9(2)11-6-14-15-7-10(4-3-5-13)8-16-12(11)15;1-8(2)10-5-12-14-6-9(13(3)4)7-15-11(10)14;1-8(2)9-5-12-13-6-11(3,4)7-14-10(9)13;1-11(2,3)9-8-12-13-6-4-5-7-14-10(9)13;1-7(2)9-4-12-13-5-8(11-3)6-14-10(9)13;1-7(2)9-4-11-12-5-8(13-3)6-14-10(9)12;1-7(2)8-6-10-11-4-3-5-12-9(8)11/h6,9-10H,3-5,7-8H2,1-2H3;5,8-9H,6-7H2,1-4H3;5,8H,6-7H2,1-4H3;8H,4-7H2,1-3H3;4,7-8,11H,5-6H2,1-3H3;4,7-8H,5-6H2,1-3H3;6-7H,3-5H2,1-2H3. The number of fused-ring (bicyclic) bond motifs is 7. The van der Waals surface area contributed by atoms with Gasteiger partial charge in [-0.1, -0.05) is 118 Å². The molecule has 0 saturated heterocycles. The Balaban J connectivity index is 0.000000147. The molecule has 1 N–H and O–H groups in total. The van der Waals surface area contributed by atoms with Crippen LogP contribution in [0.5, 0.6) is 41.2 Å². The smallest absolute Gasteiger partial charge is 0.215 e. The van der Waals surface area contributed by atoms with E-state index in [1.54, 1.807) is 7.11 Å². The quantitative estimate of drug-likeness (QED) is 0.120. The first-order valence-corrected chi connectivity index (χ1v) is 36.4. The summed E-state index contributed by atoms with van der Waals surface area (Å²) in [7, 11) is 7.80. The number of nitrogens with one attached hydrogen (secondary N) is 1. The molecule has 0 aromatic carbocycles. The number of alkyl halides is 1. The van der Waals surface area contributed by atoms with Crippen LogP contribution in [0.1, 0.15) is 224 Å². The van der Waals surface area contributed by atoms with Crippen LogP contribution in [-0.4, -0.2) is 173 Å². The third-order valence-electron chi connectivity index (χ3n) is 18.7. The third kappa shape index (κ3) is 20.3. The predicted molar refractivity (Wildman–Crippen MR) is 385 cm³/mol. The van der Waals surface area contributed by atoms with E-state index < -0.39 is 0 Å². The predicted octanol–water partition coefficient (Wildman–Crippen LogP) is 13.1. The van der Waals surface area contributed by atoms with Crippen molar-refractivity contribution in [3.05, 3.63) is 82.3 Å². The lowest BCUT2D eigenvalue weighted by atomic mass is 9.89. The number of aromatic nitrogens is 14. The zero-order valence-electron chi connectivity index (χ0n) is 63.8. The average Bonchev–Trinajstić information content (AvgIpc) is 1.73. The second-order valence-electron chi connectivity index (χ2n) is 30.9. The molecule has 0 bridgehead atoms. The van der Waals surface area contributed by atoms with Gasteiger partial charge in [-0.05, 0) is 87.7 Å². The molecule has 0 saturated carbocycles. The van der Waals surface area contributed by atoms with Gasteiger partial charge in [0, 0.05) is 76.9 Å². The summed E-state index contributed by atoms with van der Waals surface area (Å²) in [6.07, 6.45) is 18.4. The summed E-state index contributed by atoms with van der Waals surface area (Å²) in [4.78, 5) is 2.18. The molecule has 0 fully saturated rings. The Labute approximate surface area is 589 Å². The van der Waals surface area contributed by atoms with E-state index in [0.29, 0.717) is 73.1 Å². The van der Waals surface area contributed by atoms with E-state index in [9.17, 15) is 4.39 Å². The number of methoxy groups -OCH3 is 1. The van der Waals surface area contributed by atoms with E-state index >= 15 is 0 Å². The molecular formula is C74H121FN16O8. The van der Waals surface area contributed by atoms with E-state index in [1.165, 1.54) is 38.9 Å². The van der Waals surface area contributed by atoms with E-state index in [-0.39, 0.29) is 23.6 Å². The van der Waals surface area contributed by atoms with Gasteiger partial charge in [0.05, 0.1) is 121 Å². The number of rotatable bonds is 12. The summed E-state index contributed by atoms with van der Waals surface area (Å²) in [5.74, 6) is 9.91. The molecule has 99 heavy (non-hydrogen) atoms. The van der Waals surface area contributed by atoms with Gasteiger partial charge in [-0.15, -0.1) is 0 Å². The molecule has 0 amide bonds. The SMILES string of the molecule is CC(C)(C)c1cnn2c1OCCCC2.CC(C)c1cnn2c1OCC(C)(C)C2.CC(C)c1cnn2c1OCC(CCCF)C2.CC(C)c1cnn2c1OCC(N(C)C)C2.CC(C)c1cnn2c1OCCC2.CNC1COc2c(C(C)C)cnn2C1.COC1COc2c(C(C)C)cnn2C1. The molecule has 4 unspecified atom stereocenters. The van der Waals surface area contributed by atoms with Crippen LogP contribution >= 0.6 is 0 Å². The largest absolute Gasteiger partial charge is 0.478 e. The Morgan fingerprint density at radius 1 is 0.505 bits per heavy atom. The minimum Gasteiger partial charge on any atom is -0.478 e. The van der Waals surface area contributed by atoms with Gasteiger partial charge in [0.2, 0.25) is 41.2 Å².